The third kappa shape index (κ3) is 3.08. The molecule has 2 N–H and O–H groups in total. The Balaban J connectivity index is 2.10. The van der Waals surface area contributed by atoms with Gasteiger partial charge >= 0.3 is 0 Å². The summed E-state index contributed by atoms with van der Waals surface area (Å²) in [5.41, 5.74) is 4.99. The van der Waals surface area contributed by atoms with E-state index in [0.717, 1.165) is 28.1 Å². The molecule has 0 aliphatic rings. The molecule has 3 rings (SSSR count). The van der Waals surface area contributed by atoms with Crippen molar-refractivity contribution in [2.45, 2.75) is 32.7 Å². The molecule has 0 atom stereocenters. The van der Waals surface area contributed by atoms with Crippen molar-refractivity contribution in [1.82, 2.24) is 20.3 Å². The molecule has 5 heteroatoms. The van der Waals surface area contributed by atoms with E-state index in [-0.39, 0.29) is 5.41 Å². The van der Waals surface area contributed by atoms with Crippen LogP contribution in [0.3, 0.4) is 0 Å². The predicted molar refractivity (Wildman–Crippen MR) is 100.0 cm³/mol. The summed E-state index contributed by atoms with van der Waals surface area (Å²) in [6.45, 7) is 10.9. The smallest absolute Gasteiger partial charge is 0.160 e. The molecular formula is C19H23N5. The first-order valence-corrected chi connectivity index (χ1v) is 8.04. The van der Waals surface area contributed by atoms with Crippen molar-refractivity contribution in [2.75, 3.05) is 7.05 Å². The topological polar surface area (TPSA) is 66.0 Å². The first-order chi connectivity index (χ1) is 11.4. The highest BCUT2D eigenvalue weighted by Crippen LogP contribution is 2.28. The van der Waals surface area contributed by atoms with Gasteiger partial charge in [0, 0.05) is 17.7 Å². The average Bonchev–Trinajstić information content (AvgIpc) is 2.96. The molecule has 0 amide bonds. The maximum atomic E-state index is 4.72. The van der Waals surface area contributed by atoms with Gasteiger partial charge in [0.1, 0.15) is 11.3 Å². The molecular weight excluding hydrogens is 298 g/mol. The Kier molecular flexibility index (Phi) is 4.20. The van der Waals surface area contributed by atoms with E-state index >= 15 is 0 Å². The minimum absolute atomic E-state index is 0.0974. The Labute approximate surface area is 142 Å². The number of hydrogen-bond acceptors (Lipinski definition) is 4. The van der Waals surface area contributed by atoms with Gasteiger partial charge in [-0.05, 0) is 36.9 Å². The number of pyridine rings is 1. The minimum Gasteiger partial charge on any atom is -0.323 e. The molecule has 2 heterocycles. The molecule has 0 radical (unpaired) electrons. The van der Waals surface area contributed by atoms with E-state index in [1.807, 2.05) is 13.1 Å². The van der Waals surface area contributed by atoms with Crippen LogP contribution < -0.4 is 5.32 Å². The summed E-state index contributed by atoms with van der Waals surface area (Å²) in [6.07, 6.45) is 0. The summed E-state index contributed by atoms with van der Waals surface area (Å²) in [7, 11) is 1.89. The highest BCUT2D eigenvalue weighted by atomic mass is 15.0. The van der Waals surface area contributed by atoms with E-state index in [1.165, 1.54) is 5.56 Å². The summed E-state index contributed by atoms with van der Waals surface area (Å²) in [5, 5.41) is 3.12. The normalized spacial score (nSPS) is 11.8. The monoisotopic (exact) mass is 321 g/mol. The third-order valence-corrected chi connectivity index (χ3v) is 4.05. The van der Waals surface area contributed by atoms with Crippen molar-refractivity contribution >= 4 is 23.7 Å². The highest BCUT2D eigenvalue weighted by molar-refractivity contribution is 5.79. The van der Waals surface area contributed by atoms with E-state index in [1.54, 1.807) is 0 Å². The quantitative estimate of drug-likeness (QED) is 0.714. The molecule has 5 nitrogen and oxygen atoms in total. The molecule has 0 aliphatic heterocycles. The second-order valence-corrected chi connectivity index (χ2v) is 6.94. The molecule has 0 bridgehead atoms. The van der Waals surface area contributed by atoms with Crippen molar-refractivity contribution < 1.29 is 0 Å². The van der Waals surface area contributed by atoms with Crippen LogP contribution in [-0.2, 0) is 12.0 Å². The van der Waals surface area contributed by atoms with Crippen molar-refractivity contribution in [1.29, 1.82) is 0 Å². The Bertz CT molecular complexity index is 886. The molecule has 2 aromatic heterocycles. The van der Waals surface area contributed by atoms with Crippen LogP contribution in [0.15, 0.2) is 35.3 Å². The Hall–Kier alpha value is -2.53. The largest absolute Gasteiger partial charge is 0.323 e. The van der Waals surface area contributed by atoms with Gasteiger partial charge in [-0.15, -0.1) is 0 Å². The standard InChI is InChI=1S/C19H23N5/c1-19(2,3)14-8-6-7-12(9-14)17-22-15-10-13(11-20-4)16(21-5)23-18(15)24-17/h6-10,20H,5,11H2,1-4H3,(H,22,23,24). The van der Waals surface area contributed by atoms with E-state index < -0.39 is 0 Å². The number of aromatic amines is 1. The molecule has 0 saturated carbocycles. The average molecular weight is 321 g/mol. The van der Waals surface area contributed by atoms with Crippen LogP contribution in [0, 0.1) is 0 Å². The van der Waals surface area contributed by atoms with Crippen LogP contribution in [0.4, 0.5) is 5.82 Å². The number of fused-ring (bicyclic) bond motifs is 1. The number of hydrogen-bond donors (Lipinski definition) is 2. The zero-order chi connectivity index (χ0) is 17.3. The van der Waals surface area contributed by atoms with Gasteiger partial charge in [0.2, 0.25) is 0 Å². The molecule has 0 aliphatic carbocycles. The van der Waals surface area contributed by atoms with Gasteiger partial charge < -0.3 is 10.3 Å². The number of benzene rings is 1. The number of aromatic nitrogens is 3. The fourth-order valence-corrected chi connectivity index (χ4v) is 2.70. The molecule has 0 fully saturated rings. The summed E-state index contributed by atoms with van der Waals surface area (Å²) in [5.74, 6) is 1.45. The summed E-state index contributed by atoms with van der Waals surface area (Å²) >= 11 is 0. The molecule has 124 valence electrons. The zero-order valence-corrected chi connectivity index (χ0v) is 14.6. The molecule has 1 aromatic carbocycles. The van der Waals surface area contributed by atoms with Crippen molar-refractivity contribution in [3.8, 4) is 11.4 Å². The lowest BCUT2D eigenvalue weighted by Crippen LogP contribution is -2.10. The summed E-state index contributed by atoms with van der Waals surface area (Å²) in [6, 6.07) is 10.5. The maximum absolute atomic E-state index is 4.72. The van der Waals surface area contributed by atoms with Gasteiger partial charge in [0.25, 0.3) is 0 Å². The van der Waals surface area contributed by atoms with Gasteiger partial charge in [-0.1, -0.05) is 39.0 Å². The van der Waals surface area contributed by atoms with Crippen molar-refractivity contribution in [2.24, 2.45) is 4.99 Å². The first-order valence-electron chi connectivity index (χ1n) is 8.04. The van der Waals surface area contributed by atoms with Crippen LogP contribution in [-0.4, -0.2) is 28.7 Å². The van der Waals surface area contributed by atoms with E-state index in [9.17, 15) is 0 Å². The maximum Gasteiger partial charge on any atom is 0.160 e. The number of nitrogens with zero attached hydrogens (tertiary/aromatic N) is 3. The lowest BCUT2D eigenvalue weighted by Gasteiger charge is -2.19. The Morgan fingerprint density at radius 3 is 2.67 bits per heavy atom. The second kappa shape index (κ2) is 6.17. The zero-order valence-electron chi connectivity index (χ0n) is 14.6. The summed E-state index contributed by atoms with van der Waals surface area (Å²) in [4.78, 5) is 16.6. The third-order valence-electron chi connectivity index (χ3n) is 4.05. The van der Waals surface area contributed by atoms with Crippen LogP contribution in [0.25, 0.3) is 22.6 Å². The number of nitrogens with one attached hydrogen (secondary N) is 2. The van der Waals surface area contributed by atoms with Crippen LogP contribution >= 0.6 is 0 Å². The van der Waals surface area contributed by atoms with Gasteiger partial charge in [0.05, 0.1) is 0 Å². The Morgan fingerprint density at radius 2 is 2.00 bits per heavy atom. The second-order valence-electron chi connectivity index (χ2n) is 6.94. The van der Waals surface area contributed by atoms with Gasteiger partial charge in [-0.2, -0.15) is 0 Å². The van der Waals surface area contributed by atoms with Gasteiger partial charge in [0.15, 0.2) is 11.5 Å². The van der Waals surface area contributed by atoms with Crippen molar-refractivity contribution in [3.63, 3.8) is 0 Å². The molecule has 0 unspecified atom stereocenters. The molecule has 24 heavy (non-hydrogen) atoms. The van der Waals surface area contributed by atoms with E-state index in [0.29, 0.717) is 12.4 Å². The lowest BCUT2D eigenvalue weighted by molar-refractivity contribution is 0.590. The van der Waals surface area contributed by atoms with Crippen LogP contribution in [0.2, 0.25) is 0 Å². The Morgan fingerprint density at radius 1 is 1.21 bits per heavy atom. The molecule has 0 spiro atoms. The van der Waals surface area contributed by atoms with Crippen molar-refractivity contribution in [3.05, 3.63) is 41.5 Å². The summed E-state index contributed by atoms with van der Waals surface area (Å²) < 4.78 is 0. The van der Waals surface area contributed by atoms with Crippen LogP contribution in [0.5, 0.6) is 0 Å². The van der Waals surface area contributed by atoms with Gasteiger partial charge in [-0.25, -0.2) is 15.0 Å². The predicted octanol–water partition coefficient (Wildman–Crippen LogP) is 3.97. The SMILES string of the molecule is C=Nc1nc2[nH]c(-c3cccc(C(C)(C)C)c3)nc2cc1CNC. The number of rotatable bonds is 4. The molecule has 3 aromatic rings. The van der Waals surface area contributed by atoms with Crippen LogP contribution in [0.1, 0.15) is 31.9 Å². The fraction of sp³-hybridized carbons (Fsp3) is 0.316. The van der Waals surface area contributed by atoms with E-state index in [4.69, 9.17) is 4.98 Å². The highest BCUT2D eigenvalue weighted by Gasteiger charge is 2.16. The number of imidazole rings is 1. The minimum atomic E-state index is 0.0974. The lowest BCUT2D eigenvalue weighted by atomic mass is 9.86. The first kappa shape index (κ1) is 16.3. The number of H-pyrrole nitrogens is 1. The van der Waals surface area contributed by atoms with E-state index in [2.05, 4.69) is 72.0 Å². The molecule has 0 saturated heterocycles. The fourth-order valence-electron chi connectivity index (χ4n) is 2.70. The van der Waals surface area contributed by atoms with Gasteiger partial charge in [-0.3, -0.25) is 0 Å². The number of aliphatic imine (C=N–C) groups is 1.